The molecular formula is C16H23N3O4. The predicted octanol–water partition coefficient (Wildman–Crippen LogP) is 1.94. The van der Waals surface area contributed by atoms with E-state index in [2.05, 4.69) is 5.32 Å². The minimum absolute atomic E-state index is 0.128. The van der Waals surface area contributed by atoms with Gasteiger partial charge in [-0.1, -0.05) is 12.8 Å². The molecular weight excluding hydrogens is 298 g/mol. The molecule has 0 aromatic heterocycles. The molecule has 0 aliphatic heterocycles. The number of amides is 1. The Morgan fingerprint density at radius 1 is 1.43 bits per heavy atom. The Kier molecular flexibility index (Phi) is 5.54. The monoisotopic (exact) mass is 321 g/mol. The van der Waals surface area contributed by atoms with E-state index in [9.17, 15) is 20.0 Å². The molecule has 0 bridgehead atoms. The lowest BCUT2D eigenvalue weighted by molar-refractivity contribution is -0.384. The van der Waals surface area contributed by atoms with Gasteiger partial charge in [-0.2, -0.15) is 0 Å². The van der Waals surface area contributed by atoms with E-state index in [-0.39, 0.29) is 23.7 Å². The Morgan fingerprint density at radius 2 is 2.09 bits per heavy atom. The fraction of sp³-hybridized carbons (Fsp3) is 0.562. The molecule has 1 amide bonds. The lowest BCUT2D eigenvalue weighted by Gasteiger charge is -2.20. The molecule has 1 atom stereocenters. The molecule has 0 heterocycles. The number of hydrogen-bond acceptors (Lipinski definition) is 5. The Labute approximate surface area is 135 Å². The molecule has 2 rings (SSSR count). The number of rotatable bonds is 6. The number of carbonyl (C=O) groups excluding carboxylic acids is 1. The number of nitrogens with zero attached hydrogens (tertiary/aromatic N) is 2. The number of non-ortho nitro benzene ring substituents is 1. The first-order chi connectivity index (χ1) is 10.9. The number of hydrogen-bond donors (Lipinski definition) is 2. The number of carbonyl (C=O) groups is 1. The Hall–Kier alpha value is -2.15. The van der Waals surface area contributed by atoms with Crippen molar-refractivity contribution in [1.82, 2.24) is 5.32 Å². The standard InChI is InChI=1S/C16H23N3O4/c1-18(2)14-8-7-12(19(22)23)9-13(14)16(21)17-10-15(20)11-5-3-4-6-11/h7-9,11,15,20H,3-6,10H2,1-2H3,(H,17,21). The zero-order chi connectivity index (χ0) is 17.0. The highest BCUT2D eigenvalue weighted by molar-refractivity contribution is 6.00. The Morgan fingerprint density at radius 3 is 2.65 bits per heavy atom. The van der Waals surface area contributed by atoms with E-state index in [1.165, 1.54) is 12.1 Å². The van der Waals surface area contributed by atoms with Gasteiger partial charge in [0.05, 0.1) is 16.6 Å². The van der Waals surface area contributed by atoms with Crippen LogP contribution in [0.2, 0.25) is 0 Å². The van der Waals surface area contributed by atoms with E-state index < -0.39 is 16.9 Å². The molecule has 7 nitrogen and oxygen atoms in total. The van der Waals surface area contributed by atoms with Gasteiger partial charge in [-0.05, 0) is 24.8 Å². The summed E-state index contributed by atoms with van der Waals surface area (Å²) in [4.78, 5) is 24.5. The van der Waals surface area contributed by atoms with Crippen LogP contribution in [-0.2, 0) is 0 Å². The van der Waals surface area contributed by atoms with Gasteiger partial charge < -0.3 is 15.3 Å². The van der Waals surface area contributed by atoms with Crippen molar-refractivity contribution in [3.8, 4) is 0 Å². The highest BCUT2D eigenvalue weighted by Crippen LogP contribution is 2.28. The topological polar surface area (TPSA) is 95.7 Å². The summed E-state index contributed by atoms with van der Waals surface area (Å²) in [7, 11) is 3.54. The Balaban J connectivity index is 2.10. The number of nitrogens with one attached hydrogen (secondary N) is 1. The number of aliphatic hydroxyl groups is 1. The van der Waals surface area contributed by atoms with Gasteiger partial charge in [-0.25, -0.2) is 0 Å². The summed E-state index contributed by atoms with van der Waals surface area (Å²) in [6.07, 6.45) is 3.63. The van der Waals surface area contributed by atoms with E-state index in [0.717, 1.165) is 25.7 Å². The number of anilines is 1. The van der Waals surface area contributed by atoms with E-state index in [4.69, 9.17) is 0 Å². The summed E-state index contributed by atoms with van der Waals surface area (Å²) < 4.78 is 0. The van der Waals surface area contributed by atoms with Gasteiger partial charge >= 0.3 is 0 Å². The van der Waals surface area contributed by atoms with Crippen molar-refractivity contribution < 1.29 is 14.8 Å². The zero-order valence-corrected chi connectivity index (χ0v) is 13.5. The van der Waals surface area contributed by atoms with Crippen LogP contribution >= 0.6 is 0 Å². The SMILES string of the molecule is CN(C)c1ccc([N+](=O)[O-])cc1C(=O)NCC(O)C1CCCC1. The number of nitro benzene ring substituents is 1. The number of nitro groups is 1. The molecule has 0 saturated heterocycles. The molecule has 0 radical (unpaired) electrons. The first kappa shape index (κ1) is 17.2. The van der Waals surface area contributed by atoms with Crippen molar-refractivity contribution in [2.24, 2.45) is 5.92 Å². The summed E-state index contributed by atoms with van der Waals surface area (Å²) in [5.41, 5.74) is 0.711. The van der Waals surface area contributed by atoms with Crippen molar-refractivity contribution in [2.45, 2.75) is 31.8 Å². The van der Waals surface area contributed by atoms with Gasteiger partial charge in [0.15, 0.2) is 0 Å². The minimum atomic E-state index is -0.567. The third-order valence-corrected chi connectivity index (χ3v) is 4.33. The first-order valence-corrected chi connectivity index (χ1v) is 7.82. The smallest absolute Gasteiger partial charge is 0.270 e. The van der Waals surface area contributed by atoms with Crippen LogP contribution in [0, 0.1) is 16.0 Å². The number of benzene rings is 1. The molecule has 1 aliphatic carbocycles. The average molecular weight is 321 g/mol. The maximum atomic E-state index is 12.4. The minimum Gasteiger partial charge on any atom is -0.391 e. The summed E-state index contributed by atoms with van der Waals surface area (Å²) in [6.45, 7) is 0.166. The Bertz CT molecular complexity index is 583. The van der Waals surface area contributed by atoms with Crippen molar-refractivity contribution in [1.29, 1.82) is 0 Å². The summed E-state index contributed by atoms with van der Waals surface area (Å²) in [6, 6.07) is 4.20. The molecule has 126 valence electrons. The quantitative estimate of drug-likeness (QED) is 0.616. The van der Waals surface area contributed by atoms with Crippen LogP contribution in [0.3, 0.4) is 0 Å². The molecule has 7 heteroatoms. The fourth-order valence-corrected chi connectivity index (χ4v) is 3.01. The second-order valence-corrected chi connectivity index (χ2v) is 6.17. The molecule has 23 heavy (non-hydrogen) atoms. The van der Waals surface area contributed by atoms with E-state index >= 15 is 0 Å². The summed E-state index contributed by atoms with van der Waals surface area (Å²) in [5.74, 6) is -0.178. The van der Waals surface area contributed by atoms with Crippen LogP contribution in [0.5, 0.6) is 0 Å². The average Bonchev–Trinajstić information content (AvgIpc) is 3.05. The maximum absolute atomic E-state index is 12.4. The van der Waals surface area contributed by atoms with E-state index in [1.807, 2.05) is 0 Å². The normalized spacial score (nSPS) is 16.1. The van der Waals surface area contributed by atoms with Crippen molar-refractivity contribution in [3.63, 3.8) is 0 Å². The van der Waals surface area contributed by atoms with Gasteiger partial charge in [0.2, 0.25) is 0 Å². The maximum Gasteiger partial charge on any atom is 0.270 e. The summed E-state index contributed by atoms with van der Waals surface area (Å²) >= 11 is 0. The van der Waals surface area contributed by atoms with Gasteiger partial charge in [0.25, 0.3) is 11.6 Å². The van der Waals surface area contributed by atoms with Crippen molar-refractivity contribution >= 4 is 17.3 Å². The third-order valence-electron chi connectivity index (χ3n) is 4.33. The summed E-state index contributed by atoms with van der Waals surface area (Å²) in [5, 5.41) is 23.7. The highest BCUT2D eigenvalue weighted by Gasteiger charge is 2.24. The van der Waals surface area contributed by atoms with Gasteiger partial charge in [0, 0.05) is 38.5 Å². The second kappa shape index (κ2) is 7.41. The third kappa shape index (κ3) is 4.19. The lowest BCUT2D eigenvalue weighted by Crippen LogP contribution is -2.36. The molecule has 1 saturated carbocycles. The first-order valence-electron chi connectivity index (χ1n) is 7.82. The van der Waals surface area contributed by atoms with E-state index in [1.54, 1.807) is 25.1 Å². The molecule has 0 spiro atoms. The van der Waals surface area contributed by atoms with Crippen LogP contribution in [-0.4, -0.2) is 42.7 Å². The molecule has 1 aliphatic rings. The molecule has 2 N–H and O–H groups in total. The van der Waals surface area contributed by atoms with Crippen LogP contribution in [0.15, 0.2) is 18.2 Å². The van der Waals surface area contributed by atoms with Gasteiger partial charge in [-0.15, -0.1) is 0 Å². The second-order valence-electron chi connectivity index (χ2n) is 6.17. The molecule has 1 aromatic rings. The van der Waals surface area contributed by atoms with Crippen LogP contribution in [0.1, 0.15) is 36.0 Å². The van der Waals surface area contributed by atoms with Gasteiger partial charge in [-0.3, -0.25) is 14.9 Å². The lowest BCUT2D eigenvalue weighted by atomic mass is 10.0. The number of aliphatic hydroxyl groups excluding tert-OH is 1. The van der Waals surface area contributed by atoms with Crippen molar-refractivity contribution in [2.75, 3.05) is 25.5 Å². The van der Waals surface area contributed by atoms with Crippen molar-refractivity contribution in [3.05, 3.63) is 33.9 Å². The molecule has 1 unspecified atom stereocenters. The van der Waals surface area contributed by atoms with Gasteiger partial charge in [0.1, 0.15) is 0 Å². The molecule has 1 aromatic carbocycles. The van der Waals surface area contributed by atoms with E-state index in [0.29, 0.717) is 5.69 Å². The van der Waals surface area contributed by atoms with Crippen LogP contribution < -0.4 is 10.2 Å². The fourth-order valence-electron chi connectivity index (χ4n) is 3.01. The predicted molar refractivity (Wildman–Crippen MR) is 87.7 cm³/mol. The highest BCUT2D eigenvalue weighted by atomic mass is 16.6. The van der Waals surface area contributed by atoms with Crippen LogP contribution in [0.4, 0.5) is 11.4 Å². The van der Waals surface area contributed by atoms with Crippen LogP contribution in [0.25, 0.3) is 0 Å². The molecule has 1 fully saturated rings. The largest absolute Gasteiger partial charge is 0.391 e. The zero-order valence-electron chi connectivity index (χ0n) is 13.5.